The van der Waals surface area contributed by atoms with E-state index in [1.807, 2.05) is 24.3 Å². The number of anilines is 2. The van der Waals surface area contributed by atoms with Crippen LogP contribution < -0.4 is 15.5 Å². The van der Waals surface area contributed by atoms with Crippen LogP contribution in [0.4, 0.5) is 16.2 Å². The smallest absolute Gasteiger partial charge is 0.319 e. The summed E-state index contributed by atoms with van der Waals surface area (Å²) in [6.45, 7) is 2.33. The van der Waals surface area contributed by atoms with Gasteiger partial charge in [0.25, 0.3) is 0 Å². The monoisotopic (exact) mass is 399 g/mol. The van der Waals surface area contributed by atoms with Gasteiger partial charge in [-0.15, -0.1) is 0 Å². The Morgan fingerprint density at radius 3 is 2.50 bits per heavy atom. The van der Waals surface area contributed by atoms with Crippen LogP contribution in [0.3, 0.4) is 0 Å². The maximum absolute atomic E-state index is 12.1. The zero-order valence-electron chi connectivity index (χ0n) is 15.6. The lowest BCUT2D eigenvalue weighted by molar-refractivity contribution is -0.121. The Balaban J connectivity index is 1.50. The summed E-state index contributed by atoms with van der Waals surface area (Å²) >= 11 is 6.12. The van der Waals surface area contributed by atoms with E-state index in [2.05, 4.69) is 10.6 Å². The van der Waals surface area contributed by atoms with Gasteiger partial charge in [0, 0.05) is 30.1 Å². The molecule has 1 aliphatic rings. The van der Waals surface area contributed by atoms with Crippen LogP contribution in [0.15, 0.2) is 42.5 Å². The van der Waals surface area contributed by atoms with Crippen LogP contribution in [0.5, 0.6) is 0 Å². The highest BCUT2D eigenvalue weighted by atomic mass is 35.5. The minimum Gasteiger partial charge on any atom is -0.338 e. The van der Waals surface area contributed by atoms with Gasteiger partial charge in [-0.25, -0.2) is 4.79 Å². The summed E-state index contributed by atoms with van der Waals surface area (Å²) in [6, 6.07) is 12.5. The molecule has 6 nitrogen and oxygen atoms in total. The zero-order chi connectivity index (χ0) is 20.1. The molecule has 0 spiro atoms. The molecule has 2 aromatic carbocycles. The lowest BCUT2D eigenvalue weighted by Crippen LogP contribution is -2.30. The summed E-state index contributed by atoms with van der Waals surface area (Å²) < 4.78 is 0. The van der Waals surface area contributed by atoms with Crippen molar-refractivity contribution >= 4 is 40.8 Å². The summed E-state index contributed by atoms with van der Waals surface area (Å²) in [5, 5.41) is 6.31. The normalized spacial score (nSPS) is 13.7. The Bertz CT molecular complexity index is 898. The number of urea groups is 1. The van der Waals surface area contributed by atoms with Crippen molar-refractivity contribution in [1.82, 2.24) is 5.32 Å². The fourth-order valence-electron chi connectivity index (χ4n) is 3.19. The van der Waals surface area contributed by atoms with Gasteiger partial charge in [-0.2, -0.15) is 0 Å². The average Bonchev–Trinajstić information content (AvgIpc) is 2.99. The SMILES string of the molecule is Cc1cc(NC(=O)NCCCc2ccccc2Cl)ccc1N1C(=O)CCC1=O. The molecule has 0 unspecified atom stereocenters. The maximum Gasteiger partial charge on any atom is 0.319 e. The predicted octanol–water partition coefficient (Wildman–Crippen LogP) is 4.06. The Kier molecular flexibility index (Phi) is 6.31. The highest BCUT2D eigenvalue weighted by Gasteiger charge is 2.31. The molecule has 4 amide bonds. The Morgan fingerprint density at radius 2 is 1.82 bits per heavy atom. The third-order valence-electron chi connectivity index (χ3n) is 4.61. The minimum atomic E-state index is -0.306. The van der Waals surface area contributed by atoms with Gasteiger partial charge in [0.05, 0.1) is 5.69 Å². The number of amides is 4. The van der Waals surface area contributed by atoms with Crippen molar-refractivity contribution in [3.63, 3.8) is 0 Å². The van der Waals surface area contributed by atoms with Crippen LogP contribution in [-0.4, -0.2) is 24.4 Å². The van der Waals surface area contributed by atoms with E-state index in [4.69, 9.17) is 11.6 Å². The number of halogens is 1. The van der Waals surface area contributed by atoms with Gasteiger partial charge in [-0.1, -0.05) is 29.8 Å². The molecule has 2 N–H and O–H groups in total. The Labute approximate surface area is 168 Å². The van der Waals surface area contributed by atoms with Gasteiger partial charge in [-0.3, -0.25) is 14.5 Å². The van der Waals surface area contributed by atoms with E-state index < -0.39 is 0 Å². The van der Waals surface area contributed by atoms with Gasteiger partial charge in [-0.05, 0) is 55.2 Å². The van der Waals surface area contributed by atoms with E-state index in [0.29, 0.717) is 17.9 Å². The van der Waals surface area contributed by atoms with Crippen LogP contribution in [-0.2, 0) is 16.0 Å². The van der Waals surface area contributed by atoms with Crippen LogP contribution in [0.1, 0.15) is 30.4 Å². The number of rotatable bonds is 6. The van der Waals surface area contributed by atoms with Gasteiger partial charge in [0.1, 0.15) is 0 Å². The van der Waals surface area contributed by atoms with Gasteiger partial charge < -0.3 is 10.6 Å². The second kappa shape index (κ2) is 8.89. The van der Waals surface area contributed by atoms with Gasteiger partial charge >= 0.3 is 6.03 Å². The first-order chi connectivity index (χ1) is 13.5. The molecular weight excluding hydrogens is 378 g/mol. The quantitative estimate of drug-likeness (QED) is 0.568. The highest BCUT2D eigenvalue weighted by Crippen LogP contribution is 2.28. The molecule has 1 fully saturated rings. The van der Waals surface area contributed by atoms with Crippen molar-refractivity contribution in [3.05, 3.63) is 58.6 Å². The molecule has 0 aromatic heterocycles. The van der Waals surface area contributed by atoms with Crippen molar-refractivity contribution < 1.29 is 14.4 Å². The largest absolute Gasteiger partial charge is 0.338 e. The van der Waals surface area contributed by atoms with Crippen molar-refractivity contribution in [2.24, 2.45) is 0 Å². The molecule has 0 saturated carbocycles. The first kappa shape index (κ1) is 19.9. The molecule has 1 saturated heterocycles. The van der Waals surface area contributed by atoms with Crippen molar-refractivity contribution in [3.8, 4) is 0 Å². The molecule has 28 heavy (non-hydrogen) atoms. The van der Waals surface area contributed by atoms with E-state index in [-0.39, 0.29) is 30.7 Å². The maximum atomic E-state index is 12.1. The van der Waals surface area contributed by atoms with E-state index in [9.17, 15) is 14.4 Å². The number of aryl methyl sites for hydroxylation is 2. The van der Waals surface area contributed by atoms with E-state index in [0.717, 1.165) is 29.0 Å². The Morgan fingerprint density at radius 1 is 1.11 bits per heavy atom. The molecule has 2 aromatic rings. The fraction of sp³-hybridized carbons (Fsp3) is 0.286. The number of carbonyl (C=O) groups excluding carboxylic acids is 3. The molecule has 0 atom stereocenters. The number of nitrogens with one attached hydrogen (secondary N) is 2. The molecular formula is C21H22ClN3O3. The number of hydrogen-bond donors (Lipinski definition) is 2. The molecule has 7 heteroatoms. The van der Waals surface area contributed by atoms with Gasteiger partial charge in [0.15, 0.2) is 0 Å². The van der Waals surface area contributed by atoms with Crippen molar-refractivity contribution in [1.29, 1.82) is 0 Å². The average molecular weight is 400 g/mol. The third-order valence-corrected chi connectivity index (χ3v) is 4.98. The molecule has 0 radical (unpaired) electrons. The molecule has 0 aliphatic carbocycles. The van der Waals surface area contributed by atoms with Crippen molar-refractivity contribution in [2.45, 2.75) is 32.6 Å². The van der Waals surface area contributed by atoms with Crippen LogP contribution in [0.25, 0.3) is 0 Å². The lowest BCUT2D eigenvalue weighted by atomic mass is 10.1. The standard InChI is InChI=1S/C21H22ClN3O3/c1-14-13-16(8-9-18(14)25-19(26)10-11-20(25)27)24-21(28)23-12-4-6-15-5-2-3-7-17(15)22/h2-3,5,7-9,13H,4,6,10-12H2,1H3,(H2,23,24,28). The molecule has 3 rings (SSSR count). The molecule has 146 valence electrons. The second-order valence-electron chi connectivity index (χ2n) is 6.70. The minimum absolute atomic E-state index is 0.190. The fourth-order valence-corrected chi connectivity index (χ4v) is 3.42. The summed E-state index contributed by atoms with van der Waals surface area (Å²) in [5.41, 5.74) is 2.98. The van der Waals surface area contributed by atoms with Crippen LogP contribution >= 0.6 is 11.6 Å². The lowest BCUT2D eigenvalue weighted by Gasteiger charge is -2.17. The highest BCUT2D eigenvalue weighted by molar-refractivity contribution is 6.31. The van der Waals surface area contributed by atoms with Gasteiger partial charge in [0.2, 0.25) is 11.8 Å². The molecule has 0 bridgehead atoms. The third kappa shape index (κ3) is 4.70. The Hall–Kier alpha value is -2.86. The topological polar surface area (TPSA) is 78.5 Å². The van der Waals surface area contributed by atoms with Crippen LogP contribution in [0.2, 0.25) is 5.02 Å². The second-order valence-corrected chi connectivity index (χ2v) is 7.11. The summed E-state index contributed by atoms with van der Waals surface area (Å²) in [7, 11) is 0. The number of imide groups is 1. The molecule has 1 aliphatic heterocycles. The first-order valence-electron chi connectivity index (χ1n) is 9.20. The van der Waals surface area contributed by atoms with E-state index in [1.165, 1.54) is 4.90 Å². The number of hydrogen-bond acceptors (Lipinski definition) is 3. The van der Waals surface area contributed by atoms with E-state index >= 15 is 0 Å². The first-order valence-corrected chi connectivity index (χ1v) is 9.58. The molecule has 1 heterocycles. The summed E-state index contributed by atoms with van der Waals surface area (Å²) in [6.07, 6.45) is 2.05. The van der Waals surface area contributed by atoms with Crippen molar-refractivity contribution in [2.75, 3.05) is 16.8 Å². The number of benzene rings is 2. The predicted molar refractivity (Wildman–Crippen MR) is 110 cm³/mol. The number of nitrogens with zero attached hydrogens (tertiary/aromatic N) is 1. The van der Waals surface area contributed by atoms with Crippen LogP contribution in [0, 0.1) is 6.92 Å². The summed E-state index contributed by atoms with van der Waals surface area (Å²) in [5.74, 6) is -0.379. The number of carbonyl (C=O) groups is 3. The van der Waals surface area contributed by atoms with E-state index in [1.54, 1.807) is 25.1 Å². The zero-order valence-corrected chi connectivity index (χ0v) is 16.4. The summed E-state index contributed by atoms with van der Waals surface area (Å²) in [4.78, 5) is 37.1.